The molecule has 0 amide bonds. The highest BCUT2D eigenvalue weighted by atomic mass is 16.3. The number of aliphatic hydroxyl groups excluding tert-OH is 1. The van der Waals surface area contributed by atoms with Crippen molar-refractivity contribution in [1.82, 2.24) is 9.80 Å². The van der Waals surface area contributed by atoms with E-state index in [1.54, 1.807) is 0 Å². The van der Waals surface area contributed by atoms with Crippen molar-refractivity contribution in [2.45, 2.75) is 53.2 Å². The number of unbranched alkanes of at least 4 members (excludes halogenated alkanes) is 1. The maximum Gasteiger partial charge on any atom is 0.107 e. The molecule has 0 aromatic carbocycles. The summed E-state index contributed by atoms with van der Waals surface area (Å²) in [5.41, 5.74) is 0. The average molecular weight is 230 g/mol. The average Bonchev–Trinajstić information content (AvgIpc) is 2.31. The Hall–Kier alpha value is -0.120. The lowest BCUT2D eigenvalue weighted by Gasteiger charge is -2.25. The van der Waals surface area contributed by atoms with Crippen LogP contribution in [0.4, 0.5) is 0 Å². The van der Waals surface area contributed by atoms with E-state index in [0.29, 0.717) is 0 Å². The van der Waals surface area contributed by atoms with Gasteiger partial charge in [0.2, 0.25) is 0 Å². The first kappa shape index (κ1) is 15.9. The molecule has 1 N–H and O–H groups in total. The molecule has 0 bridgehead atoms. The van der Waals surface area contributed by atoms with Gasteiger partial charge in [-0.1, -0.05) is 27.7 Å². The van der Waals surface area contributed by atoms with Gasteiger partial charge in [-0.05, 0) is 52.0 Å². The topological polar surface area (TPSA) is 26.7 Å². The van der Waals surface area contributed by atoms with E-state index in [-0.39, 0.29) is 6.23 Å². The zero-order valence-electron chi connectivity index (χ0n) is 11.6. The largest absolute Gasteiger partial charge is 0.378 e. The lowest BCUT2D eigenvalue weighted by atomic mass is 10.2. The molecule has 3 nitrogen and oxygen atoms in total. The molecular weight excluding hydrogens is 200 g/mol. The lowest BCUT2D eigenvalue weighted by Crippen LogP contribution is -2.34. The van der Waals surface area contributed by atoms with Crippen LogP contribution in [-0.4, -0.2) is 53.9 Å². The van der Waals surface area contributed by atoms with Crippen LogP contribution in [0.25, 0.3) is 0 Å². The number of hydrogen-bond donors (Lipinski definition) is 1. The lowest BCUT2D eigenvalue weighted by molar-refractivity contribution is 0.00249. The van der Waals surface area contributed by atoms with Gasteiger partial charge in [-0.25, -0.2) is 0 Å². The van der Waals surface area contributed by atoms with Crippen molar-refractivity contribution in [3.05, 3.63) is 0 Å². The minimum atomic E-state index is -0.244. The molecule has 0 radical (unpaired) electrons. The second-order valence-corrected chi connectivity index (χ2v) is 4.22. The maximum absolute atomic E-state index is 9.90. The molecule has 0 aliphatic heterocycles. The molecule has 0 saturated heterocycles. The van der Waals surface area contributed by atoms with E-state index >= 15 is 0 Å². The predicted octanol–water partition coefficient (Wildman–Crippen LogP) is 2.16. The summed E-state index contributed by atoms with van der Waals surface area (Å²) >= 11 is 0. The quantitative estimate of drug-likeness (QED) is 0.460. The molecule has 0 fully saturated rings. The molecule has 0 aliphatic rings. The standard InChI is InChI=1S/C13H30N2O/c1-5-14(6-2)12-10-9-11-13(16)15(7-3)8-4/h13,16H,5-12H2,1-4H3. The Morgan fingerprint density at radius 2 is 1.44 bits per heavy atom. The van der Waals surface area contributed by atoms with E-state index in [4.69, 9.17) is 0 Å². The first-order valence-corrected chi connectivity index (χ1v) is 6.83. The van der Waals surface area contributed by atoms with Crippen LogP contribution < -0.4 is 0 Å². The zero-order chi connectivity index (χ0) is 12.4. The van der Waals surface area contributed by atoms with Crippen molar-refractivity contribution in [3.8, 4) is 0 Å². The van der Waals surface area contributed by atoms with Crippen LogP contribution in [0, 0.1) is 0 Å². The van der Waals surface area contributed by atoms with Crippen molar-refractivity contribution in [3.63, 3.8) is 0 Å². The molecule has 3 heteroatoms. The highest BCUT2D eigenvalue weighted by molar-refractivity contribution is 4.60. The SMILES string of the molecule is CCN(CC)CCCCC(O)N(CC)CC. The summed E-state index contributed by atoms with van der Waals surface area (Å²) in [7, 11) is 0. The summed E-state index contributed by atoms with van der Waals surface area (Å²) in [5, 5.41) is 9.90. The summed E-state index contributed by atoms with van der Waals surface area (Å²) in [6.45, 7) is 13.9. The Kier molecular flexibility index (Phi) is 9.99. The van der Waals surface area contributed by atoms with Gasteiger partial charge in [0.25, 0.3) is 0 Å². The fourth-order valence-corrected chi connectivity index (χ4v) is 2.03. The van der Waals surface area contributed by atoms with Gasteiger partial charge in [0.15, 0.2) is 0 Å². The van der Waals surface area contributed by atoms with E-state index in [9.17, 15) is 5.11 Å². The molecule has 0 aliphatic carbocycles. The van der Waals surface area contributed by atoms with Gasteiger partial charge in [0.05, 0.1) is 0 Å². The molecule has 0 rings (SSSR count). The zero-order valence-corrected chi connectivity index (χ0v) is 11.6. The van der Waals surface area contributed by atoms with Gasteiger partial charge in [0, 0.05) is 0 Å². The highest BCUT2D eigenvalue weighted by Crippen LogP contribution is 2.06. The van der Waals surface area contributed by atoms with Crippen LogP contribution in [0.1, 0.15) is 47.0 Å². The van der Waals surface area contributed by atoms with Crippen molar-refractivity contribution in [2.75, 3.05) is 32.7 Å². The van der Waals surface area contributed by atoms with Crippen molar-refractivity contribution in [1.29, 1.82) is 0 Å². The molecule has 0 spiro atoms. The van der Waals surface area contributed by atoms with Crippen LogP contribution in [0.3, 0.4) is 0 Å². The van der Waals surface area contributed by atoms with E-state index in [2.05, 4.69) is 37.5 Å². The van der Waals surface area contributed by atoms with Gasteiger partial charge in [-0.2, -0.15) is 0 Å². The fourth-order valence-electron chi connectivity index (χ4n) is 2.03. The van der Waals surface area contributed by atoms with E-state index in [1.807, 2.05) is 0 Å². The Bertz CT molecular complexity index is 145. The second kappa shape index (κ2) is 10.1. The highest BCUT2D eigenvalue weighted by Gasteiger charge is 2.10. The minimum Gasteiger partial charge on any atom is -0.378 e. The Morgan fingerprint density at radius 1 is 0.875 bits per heavy atom. The van der Waals surface area contributed by atoms with Gasteiger partial charge in [-0.15, -0.1) is 0 Å². The van der Waals surface area contributed by atoms with Crippen LogP contribution in [-0.2, 0) is 0 Å². The Labute approximate surface area is 101 Å². The fraction of sp³-hybridized carbons (Fsp3) is 1.00. The molecule has 0 heterocycles. The van der Waals surface area contributed by atoms with Crippen molar-refractivity contribution < 1.29 is 5.11 Å². The molecule has 1 unspecified atom stereocenters. The molecule has 0 aromatic rings. The smallest absolute Gasteiger partial charge is 0.107 e. The Morgan fingerprint density at radius 3 is 1.88 bits per heavy atom. The monoisotopic (exact) mass is 230 g/mol. The Balaban J connectivity index is 3.57. The first-order valence-electron chi connectivity index (χ1n) is 6.83. The summed E-state index contributed by atoms with van der Waals surface area (Å²) in [4.78, 5) is 4.54. The third kappa shape index (κ3) is 6.46. The maximum atomic E-state index is 9.90. The number of rotatable bonds is 10. The number of nitrogens with zero attached hydrogens (tertiary/aromatic N) is 2. The van der Waals surface area contributed by atoms with Gasteiger partial charge < -0.3 is 10.0 Å². The van der Waals surface area contributed by atoms with E-state index in [1.165, 1.54) is 6.42 Å². The van der Waals surface area contributed by atoms with Gasteiger partial charge in [-0.3, -0.25) is 4.90 Å². The summed E-state index contributed by atoms with van der Waals surface area (Å²) in [6.07, 6.45) is 2.98. The van der Waals surface area contributed by atoms with Crippen molar-refractivity contribution >= 4 is 0 Å². The number of aliphatic hydroxyl groups is 1. The summed E-state index contributed by atoms with van der Waals surface area (Å²) < 4.78 is 0. The predicted molar refractivity (Wildman–Crippen MR) is 70.6 cm³/mol. The van der Waals surface area contributed by atoms with Crippen LogP contribution >= 0.6 is 0 Å². The van der Waals surface area contributed by atoms with E-state index in [0.717, 1.165) is 45.6 Å². The minimum absolute atomic E-state index is 0.244. The summed E-state index contributed by atoms with van der Waals surface area (Å²) in [5.74, 6) is 0. The molecule has 16 heavy (non-hydrogen) atoms. The van der Waals surface area contributed by atoms with Crippen LogP contribution in [0.5, 0.6) is 0 Å². The third-order valence-electron chi connectivity index (χ3n) is 3.31. The molecule has 0 saturated carbocycles. The van der Waals surface area contributed by atoms with Gasteiger partial charge in [0.1, 0.15) is 6.23 Å². The normalized spacial score (nSPS) is 13.7. The van der Waals surface area contributed by atoms with Crippen molar-refractivity contribution in [2.24, 2.45) is 0 Å². The molecule has 0 aromatic heterocycles. The first-order chi connectivity index (χ1) is 7.69. The second-order valence-electron chi connectivity index (χ2n) is 4.22. The van der Waals surface area contributed by atoms with Gasteiger partial charge >= 0.3 is 0 Å². The summed E-state index contributed by atoms with van der Waals surface area (Å²) in [6, 6.07) is 0. The molecule has 1 atom stereocenters. The molecule has 98 valence electrons. The number of hydrogen-bond acceptors (Lipinski definition) is 3. The van der Waals surface area contributed by atoms with E-state index < -0.39 is 0 Å². The van der Waals surface area contributed by atoms with Crippen LogP contribution in [0.15, 0.2) is 0 Å². The van der Waals surface area contributed by atoms with Crippen LogP contribution in [0.2, 0.25) is 0 Å². The third-order valence-corrected chi connectivity index (χ3v) is 3.31. The molecular formula is C13H30N2O.